The summed E-state index contributed by atoms with van der Waals surface area (Å²) in [6.45, 7) is 6.04. The largest absolute Gasteiger partial charge is 0.370 e. The van der Waals surface area contributed by atoms with Gasteiger partial charge in [-0.3, -0.25) is 4.79 Å². The lowest BCUT2D eigenvalue weighted by Crippen LogP contribution is -2.31. The Kier molecular flexibility index (Phi) is 4.93. The number of likely N-dealkylation sites (tertiary alicyclic amines) is 1. The standard InChI is InChI=1S/C17H26N4O/c1-13-3-2-4-16(19-13)18-11-14-7-9-21(12-14)10-8-17(22)20-15-5-6-15/h2-4,14-15H,5-12H2,1H3,(H,18,19)(H,20,22). The van der Waals surface area contributed by atoms with Gasteiger partial charge in [-0.1, -0.05) is 6.07 Å². The molecule has 120 valence electrons. The minimum Gasteiger partial charge on any atom is -0.370 e. The van der Waals surface area contributed by atoms with E-state index < -0.39 is 0 Å². The zero-order chi connectivity index (χ0) is 15.4. The molecule has 1 aromatic heterocycles. The monoisotopic (exact) mass is 302 g/mol. The van der Waals surface area contributed by atoms with Gasteiger partial charge in [-0.2, -0.15) is 0 Å². The highest BCUT2D eigenvalue weighted by atomic mass is 16.1. The van der Waals surface area contributed by atoms with Gasteiger partial charge in [0.25, 0.3) is 0 Å². The fourth-order valence-electron chi connectivity index (χ4n) is 2.96. The predicted octanol–water partition coefficient (Wildman–Crippen LogP) is 1.79. The Hall–Kier alpha value is -1.62. The van der Waals surface area contributed by atoms with E-state index in [2.05, 4.69) is 20.5 Å². The molecule has 1 unspecified atom stereocenters. The lowest BCUT2D eigenvalue weighted by atomic mass is 10.1. The third-order valence-electron chi connectivity index (χ3n) is 4.43. The summed E-state index contributed by atoms with van der Waals surface area (Å²) < 4.78 is 0. The van der Waals surface area contributed by atoms with E-state index in [4.69, 9.17) is 0 Å². The fourth-order valence-corrected chi connectivity index (χ4v) is 2.96. The number of aromatic nitrogens is 1. The van der Waals surface area contributed by atoms with Crippen LogP contribution in [0.4, 0.5) is 5.82 Å². The number of pyridine rings is 1. The van der Waals surface area contributed by atoms with Crippen molar-refractivity contribution in [3.05, 3.63) is 23.9 Å². The van der Waals surface area contributed by atoms with Gasteiger partial charge in [-0.15, -0.1) is 0 Å². The zero-order valence-corrected chi connectivity index (χ0v) is 13.3. The molecule has 1 aromatic rings. The van der Waals surface area contributed by atoms with Gasteiger partial charge in [0.2, 0.25) is 5.91 Å². The maximum Gasteiger partial charge on any atom is 0.221 e. The van der Waals surface area contributed by atoms with Crippen molar-refractivity contribution in [1.29, 1.82) is 0 Å². The van der Waals surface area contributed by atoms with Crippen LogP contribution in [-0.4, -0.2) is 48.0 Å². The number of hydrogen-bond donors (Lipinski definition) is 2. The van der Waals surface area contributed by atoms with E-state index in [0.29, 0.717) is 18.4 Å². The van der Waals surface area contributed by atoms with Gasteiger partial charge in [0.05, 0.1) is 0 Å². The predicted molar refractivity (Wildman–Crippen MR) is 87.8 cm³/mol. The molecule has 2 heterocycles. The molecule has 2 fully saturated rings. The van der Waals surface area contributed by atoms with Crippen LogP contribution in [0.25, 0.3) is 0 Å². The van der Waals surface area contributed by atoms with E-state index >= 15 is 0 Å². The van der Waals surface area contributed by atoms with Gasteiger partial charge in [0.15, 0.2) is 0 Å². The molecule has 0 aromatic carbocycles. The van der Waals surface area contributed by atoms with Gasteiger partial charge in [-0.25, -0.2) is 4.98 Å². The summed E-state index contributed by atoms with van der Waals surface area (Å²) in [5.41, 5.74) is 1.04. The first-order chi connectivity index (χ1) is 10.7. The second-order valence-electron chi connectivity index (χ2n) is 6.59. The summed E-state index contributed by atoms with van der Waals surface area (Å²) in [6, 6.07) is 6.53. The summed E-state index contributed by atoms with van der Waals surface area (Å²) in [5, 5.41) is 6.48. The molecule has 1 saturated heterocycles. The molecule has 2 aliphatic rings. The Morgan fingerprint density at radius 1 is 1.36 bits per heavy atom. The van der Waals surface area contributed by atoms with Crippen LogP contribution in [0.3, 0.4) is 0 Å². The highest BCUT2D eigenvalue weighted by molar-refractivity contribution is 5.76. The first-order valence-corrected chi connectivity index (χ1v) is 8.38. The lowest BCUT2D eigenvalue weighted by molar-refractivity contribution is -0.121. The molecule has 0 radical (unpaired) electrons. The topological polar surface area (TPSA) is 57.3 Å². The van der Waals surface area contributed by atoms with Crippen molar-refractivity contribution in [2.24, 2.45) is 5.92 Å². The first kappa shape index (κ1) is 15.3. The summed E-state index contributed by atoms with van der Waals surface area (Å²) in [4.78, 5) is 18.6. The number of anilines is 1. The van der Waals surface area contributed by atoms with Crippen LogP contribution in [0, 0.1) is 12.8 Å². The average Bonchev–Trinajstić information content (AvgIpc) is 3.19. The Morgan fingerprint density at radius 3 is 3.00 bits per heavy atom. The highest BCUT2D eigenvalue weighted by Gasteiger charge is 2.25. The first-order valence-electron chi connectivity index (χ1n) is 8.38. The molecule has 1 saturated carbocycles. The van der Waals surface area contributed by atoms with Crippen LogP contribution in [0.5, 0.6) is 0 Å². The molecular formula is C17H26N4O. The van der Waals surface area contributed by atoms with E-state index in [0.717, 1.165) is 50.5 Å². The lowest BCUT2D eigenvalue weighted by Gasteiger charge is -2.16. The van der Waals surface area contributed by atoms with Crippen molar-refractivity contribution >= 4 is 11.7 Å². The van der Waals surface area contributed by atoms with Crippen molar-refractivity contribution in [3.63, 3.8) is 0 Å². The van der Waals surface area contributed by atoms with Gasteiger partial charge >= 0.3 is 0 Å². The maximum atomic E-state index is 11.7. The summed E-state index contributed by atoms with van der Waals surface area (Å²) in [7, 11) is 0. The van der Waals surface area contributed by atoms with E-state index in [1.807, 2.05) is 25.1 Å². The molecule has 0 bridgehead atoms. The van der Waals surface area contributed by atoms with Crippen molar-refractivity contribution in [2.45, 2.75) is 38.6 Å². The van der Waals surface area contributed by atoms with Crippen molar-refractivity contribution in [2.75, 3.05) is 31.5 Å². The Labute approximate surface area is 132 Å². The van der Waals surface area contributed by atoms with Gasteiger partial charge in [0.1, 0.15) is 5.82 Å². The molecule has 1 aliphatic carbocycles. The molecule has 5 nitrogen and oxygen atoms in total. The third kappa shape index (κ3) is 4.70. The number of nitrogens with one attached hydrogen (secondary N) is 2. The van der Waals surface area contributed by atoms with Crippen LogP contribution >= 0.6 is 0 Å². The molecule has 0 spiro atoms. The molecule has 5 heteroatoms. The Morgan fingerprint density at radius 2 is 2.23 bits per heavy atom. The van der Waals surface area contributed by atoms with Crippen molar-refractivity contribution in [1.82, 2.24) is 15.2 Å². The number of aryl methyl sites for hydroxylation is 1. The molecular weight excluding hydrogens is 276 g/mol. The summed E-state index contributed by atoms with van der Waals surface area (Å²) in [6.07, 6.45) is 4.16. The van der Waals surface area contributed by atoms with Crippen LogP contribution in [0.15, 0.2) is 18.2 Å². The SMILES string of the molecule is Cc1cccc(NCC2CCN(CCC(=O)NC3CC3)C2)n1. The molecule has 3 rings (SSSR count). The number of hydrogen-bond acceptors (Lipinski definition) is 4. The van der Waals surface area contributed by atoms with Crippen LogP contribution in [-0.2, 0) is 4.79 Å². The normalized spacial score (nSPS) is 21.8. The molecule has 2 N–H and O–H groups in total. The van der Waals surface area contributed by atoms with E-state index in [9.17, 15) is 4.79 Å². The van der Waals surface area contributed by atoms with Gasteiger partial charge < -0.3 is 15.5 Å². The fraction of sp³-hybridized carbons (Fsp3) is 0.647. The number of nitrogens with zero attached hydrogens (tertiary/aromatic N) is 2. The van der Waals surface area contributed by atoms with E-state index in [-0.39, 0.29) is 5.91 Å². The van der Waals surface area contributed by atoms with E-state index in [1.54, 1.807) is 0 Å². The molecule has 1 aliphatic heterocycles. The number of carbonyl (C=O) groups excluding carboxylic acids is 1. The minimum absolute atomic E-state index is 0.216. The minimum atomic E-state index is 0.216. The van der Waals surface area contributed by atoms with Crippen LogP contribution < -0.4 is 10.6 Å². The molecule has 1 amide bonds. The second-order valence-corrected chi connectivity index (χ2v) is 6.59. The highest BCUT2D eigenvalue weighted by Crippen LogP contribution is 2.19. The van der Waals surface area contributed by atoms with Crippen LogP contribution in [0.1, 0.15) is 31.4 Å². The van der Waals surface area contributed by atoms with Crippen molar-refractivity contribution < 1.29 is 4.79 Å². The number of rotatable bonds is 7. The van der Waals surface area contributed by atoms with Crippen LogP contribution in [0.2, 0.25) is 0 Å². The molecule has 22 heavy (non-hydrogen) atoms. The summed E-state index contributed by atoms with van der Waals surface area (Å²) >= 11 is 0. The molecule has 1 atom stereocenters. The number of amides is 1. The third-order valence-corrected chi connectivity index (χ3v) is 4.43. The van der Waals surface area contributed by atoms with Gasteiger partial charge in [-0.05, 0) is 50.8 Å². The summed E-state index contributed by atoms with van der Waals surface area (Å²) in [5.74, 6) is 1.82. The second kappa shape index (κ2) is 7.09. The number of carbonyl (C=O) groups is 1. The zero-order valence-electron chi connectivity index (χ0n) is 13.3. The Balaban J connectivity index is 1.34. The average molecular weight is 302 g/mol. The maximum absolute atomic E-state index is 11.7. The van der Waals surface area contributed by atoms with Crippen molar-refractivity contribution in [3.8, 4) is 0 Å². The van der Waals surface area contributed by atoms with E-state index in [1.165, 1.54) is 6.42 Å². The Bertz CT molecular complexity index is 515. The quantitative estimate of drug-likeness (QED) is 0.806. The smallest absolute Gasteiger partial charge is 0.221 e. The van der Waals surface area contributed by atoms with Gasteiger partial charge in [0, 0.05) is 37.8 Å².